The fourth-order valence-corrected chi connectivity index (χ4v) is 0.599. The van der Waals surface area contributed by atoms with Crippen LogP contribution < -0.4 is 11.1 Å². The predicted octanol–water partition coefficient (Wildman–Crippen LogP) is 0.594. The van der Waals surface area contributed by atoms with Crippen molar-refractivity contribution < 1.29 is 4.79 Å². The smallest absolute Gasteiger partial charge is 0.245 e. The zero-order valence-corrected chi connectivity index (χ0v) is 7.32. The summed E-state index contributed by atoms with van der Waals surface area (Å²) in [7, 11) is 0. The van der Waals surface area contributed by atoms with Crippen LogP contribution >= 0.6 is 11.6 Å². The topological polar surface area (TPSA) is 55.1 Å². The second-order valence-electron chi connectivity index (χ2n) is 2.19. The Morgan fingerprint density at radius 3 is 2.82 bits per heavy atom. The van der Waals surface area contributed by atoms with Crippen molar-refractivity contribution in [3.05, 3.63) is 11.8 Å². The van der Waals surface area contributed by atoms with E-state index in [1.165, 1.54) is 0 Å². The maximum Gasteiger partial charge on any atom is 0.245 e. The number of primary amides is 1. The molecule has 3 nitrogen and oxygen atoms in total. The number of nitrogens with one attached hydrogen (secondary N) is 1. The number of rotatable bonds is 5. The molecule has 0 aromatic heterocycles. The first kappa shape index (κ1) is 10.3. The number of carbonyl (C=O) groups is 1. The van der Waals surface area contributed by atoms with Crippen molar-refractivity contribution in [2.45, 2.75) is 13.3 Å². The highest BCUT2D eigenvalue weighted by Crippen LogP contribution is 1.87. The Hall–Kier alpha value is -0.700. The van der Waals surface area contributed by atoms with E-state index in [1.54, 1.807) is 13.1 Å². The van der Waals surface area contributed by atoms with Gasteiger partial charge in [0.15, 0.2) is 0 Å². The lowest BCUT2D eigenvalue weighted by molar-refractivity contribution is -0.114. The lowest BCUT2D eigenvalue weighted by Crippen LogP contribution is -2.16. The molecule has 3 N–H and O–H groups in total. The normalized spacial score (nSPS) is 11.3. The van der Waals surface area contributed by atoms with Gasteiger partial charge in [-0.2, -0.15) is 0 Å². The third-order valence-electron chi connectivity index (χ3n) is 1.16. The van der Waals surface area contributed by atoms with Crippen molar-refractivity contribution in [2.24, 2.45) is 5.73 Å². The molecule has 0 rings (SSSR count). The maximum absolute atomic E-state index is 10.5. The Balaban J connectivity index is 3.48. The summed E-state index contributed by atoms with van der Waals surface area (Å²) in [6.45, 7) is 2.43. The molecular weight excluding hydrogens is 164 g/mol. The summed E-state index contributed by atoms with van der Waals surface area (Å²) in [5.74, 6) is 0.222. The first-order valence-corrected chi connectivity index (χ1v) is 3.98. The molecular formula is C7H13ClN2O. The van der Waals surface area contributed by atoms with E-state index in [-0.39, 0.29) is 0 Å². The molecule has 0 aromatic carbocycles. The monoisotopic (exact) mass is 176 g/mol. The van der Waals surface area contributed by atoms with Gasteiger partial charge in [-0.05, 0) is 13.3 Å². The van der Waals surface area contributed by atoms with Gasteiger partial charge in [0, 0.05) is 24.2 Å². The highest BCUT2D eigenvalue weighted by Gasteiger charge is 1.93. The molecule has 0 spiro atoms. The van der Waals surface area contributed by atoms with E-state index in [2.05, 4.69) is 5.32 Å². The molecule has 0 aliphatic carbocycles. The van der Waals surface area contributed by atoms with Crippen LogP contribution in [0, 0.1) is 0 Å². The molecule has 0 saturated carbocycles. The zero-order valence-electron chi connectivity index (χ0n) is 6.56. The number of amides is 1. The van der Waals surface area contributed by atoms with Crippen molar-refractivity contribution in [1.29, 1.82) is 0 Å². The highest BCUT2D eigenvalue weighted by molar-refractivity contribution is 6.17. The van der Waals surface area contributed by atoms with E-state index in [1.807, 2.05) is 0 Å². The Kier molecular flexibility index (Phi) is 5.65. The first-order chi connectivity index (χ1) is 5.18. The van der Waals surface area contributed by atoms with Crippen LogP contribution in [0.5, 0.6) is 0 Å². The lowest BCUT2D eigenvalue weighted by Gasteiger charge is -1.98. The van der Waals surface area contributed by atoms with Gasteiger partial charge in [0.25, 0.3) is 0 Å². The Labute approximate surface area is 71.6 Å². The molecule has 0 unspecified atom stereocenters. The molecule has 11 heavy (non-hydrogen) atoms. The average molecular weight is 177 g/mol. The molecule has 0 radical (unpaired) electrons. The molecule has 4 heteroatoms. The van der Waals surface area contributed by atoms with Gasteiger partial charge < -0.3 is 11.1 Å². The van der Waals surface area contributed by atoms with E-state index in [0.29, 0.717) is 11.5 Å². The third kappa shape index (κ3) is 5.73. The van der Waals surface area contributed by atoms with Crippen LogP contribution in [0.4, 0.5) is 0 Å². The van der Waals surface area contributed by atoms with Crippen molar-refractivity contribution in [3.8, 4) is 0 Å². The second kappa shape index (κ2) is 6.04. The van der Waals surface area contributed by atoms with Crippen LogP contribution in [-0.2, 0) is 4.79 Å². The summed E-state index contributed by atoms with van der Waals surface area (Å²) in [5.41, 5.74) is 5.50. The van der Waals surface area contributed by atoms with Gasteiger partial charge in [-0.3, -0.25) is 4.79 Å². The lowest BCUT2D eigenvalue weighted by atomic mass is 10.3. The fraction of sp³-hybridized carbons (Fsp3) is 0.571. The van der Waals surface area contributed by atoms with Crippen LogP contribution in [0.25, 0.3) is 0 Å². The molecule has 0 bridgehead atoms. The minimum atomic E-state index is -0.400. The molecule has 0 atom stereocenters. The van der Waals surface area contributed by atoms with Gasteiger partial charge in [0.2, 0.25) is 5.91 Å². The number of halogens is 1. The van der Waals surface area contributed by atoms with Crippen LogP contribution in [-0.4, -0.2) is 18.3 Å². The van der Waals surface area contributed by atoms with Crippen molar-refractivity contribution in [1.82, 2.24) is 5.32 Å². The van der Waals surface area contributed by atoms with Gasteiger partial charge in [-0.1, -0.05) is 0 Å². The summed E-state index contributed by atoms with van der Waals surface area (Å²) < 4.78 is 0. The summed E-state index contributed by atoms with van der Waals surface area (Å²) in [6.07, 6.45) is 2.49. The van der Waals surface area contributed by atoms with E-state index < -0.39 is 5.91 Å². The number of nitrogens with two attached hydrogens (primary N) is 1. The van der Waals surface area contributed by atoms with Crippen LogP contribution in [0.2, 0.25) is 0 Å². The van der Waals surface area contributed by atoms with Crippen LogP contribution in [0.1, 0.15) is 13.3 Å². The Morgan fingerprint density at radius 2 is 2.36 bits per heavy atom. The van der Waals surface area contributed by atoms with Crippen molar-refractivity contribution in [3.63, 3.8) is 0 Å². The molecule has 0 fully saturated rings. The fourth-order valence-electron chi connectivity index (χ4n) is 0.465. The quantitative estimate of drug-likeness (QED) is 0.366. The van der Waals surface area contributed by atoms with Gasteiger partial charge >= 0.3 is 0 Å². The number of hydrogen-bond donors (Lipinski definition) is 2. The predicted molar refractivity (Wildman–Crippen MR) is 46.3 cm³/mol. The third-order valence-corrected chi connectivity index (χ3v) is 1.43. The maximum atomic E-state index is 10.5. The molecule has 1 amide bonds. The van der Waals surface area contributed by atoms with Crippen molar-refractivity contribution >= 4 is 17.5 Å². The number of alkyl halides is 1. The zero-order chi connectivity index (χ0) is 8.69. The molecule has 64 valence electrons. The minimum absolute atomic E-state index is 0.400. The number of carbonyl (C=O) groups excluding carboxylic acids is 1. The van der Waals surface area contributed by atoms with Gasteiger partial charge in [0.05, 0.1) is 0 Å². The van der Waals surface area contributed by atoms with E-state index in [0.717, 1.165) is 13.0 Å². The average Bonchev–Trinajstić information content (AvgIpc) is 1.97. The van der Waals surface area contributed by atoms with Crippen LogP contribution in [0.3, 0.4) is 0 Å². The van der Waals surface area contributed by atoms with Crippen molar-refractivity contribution in [2.75, 3.05) is 12.4 Å². The van der Waals surface area contributed by atoms with Gasteiger partial charge in [0.1, 0.15) is 0 Å². The van der Waals surface area contributed by atoms with Gasteiger partial charge in [-0.25, -0.2) is 0 Å². The number of hydrogen-bond acceptors (Lipinski definition) is 2. The standard InChI is InChI=1S/C7H13ClN2O/c1-6(7(9)11)5-10-4-2-3-8/h5,10H,2-4H2,1H3,(H2,9,11)/b6-5-. The van der Waals surface area contributed by atoms with E-state index >= 15 is 0 Å². The highest BCUT2D eigenvalue weighted by atomic mass is 35.5. The minimum Gasteiger partial charge on any atom is -0.390 e. The SMILES string of the molecule is C/C(=C/NCCCCl)C(N)=O. The van der Waals surface area contributed by atoms with Gasteiger partial charge in [-0.15, -0.1) is 11.6 Å². The largest absolute Gasteiger partial charge is 0.390 e. The molecule has 0 aromatic rings. The summed E-state index contributed by atoms with van der Waals surface area (Å²) in [5, 5.41) is 2.92. The summed E-state index contributed by atoms with van der Waals surface area (Å²) in [4.78, 5) is 10.5. The second-order valence-corrected chi connectivity index (χ2v) is 2.57. The Morgan fingerprint density at radius 1 is 1.73 bits per heavy atom. The Bertz CT molecular complexity index is 157. The molecule has 0 aliphatic rings. The van der Waals surface area contributed by atoms with Crippen LogP contribution in [0.15, 0.2) is 11.8 Å². The van der Waals surface area contributed by atoms with E-state index in [9.17, 15) is 4.79 Å². The summed E-state index contributed by atoms with van der Waals surface area (Å²) >= 11 is 5.43. The van der Waals surface area contributed by atoms with E-state index in [4.69, 9.17) is 17.3 Å². The molecule has 0 saturated heterocycles. The molecule has 0 aliphatic heterocycles. The summed E-state index contributed by atoms with van der Waals surface area (Å²) in [6, 6.07) is 0. The molecule has 0 heterocycles. The first-order valence-electron chi connectivity index (χ1n) is 3.44.